The van der Waals surface area contributed by atoms with Crippen LogP contribution in [0.25, 0.3) is 0 Å². The van der Waals surface area contributed by atoms with Gasteiger partial charge in [0, 0.05) is 19.4 Å². The van der Waals surface area contributed by atoms with Crippen molar-refractivity contribution in [3.63, 3.8) is 0 Å². The van der Waals surface area contributed by atoms with Gasteiger partial charge in [0.25, 0.3) is 0 Å². The van der Waals surface area contributed by atoms with E-state index in [1.165, 1.54) is 0 Å². The number of aliphatic hydroxyl groups is 1. The van der Waals surface area contributed by atoms with Gasteiger partial charge >= 0.3 is 5.97 Å². The molecule has 0 fully saturated rings. The molecule has 2 rings (SSSR count). The Morgan fingerprint density at radius 3 is 2.49 bits per heavy atom. The summed E-state index contributed by atoms with van der Waals surface area (Å²) in [6.45, 7) is 13.7. The van der Waals surface area contributed by atoms with Crippen LogP contribution in [-0.4, -0.2) is 53.1 Å². The fourth-order valence-electron chi connectivity index (χ4n) is 4.46. The number of ether oxygens (including phenoxy) is 1. The van der Waals surface area contributed by atoms with Gasteiger partial charge in [-0.3, -0.25) is 14.4 Å². The molecule has 1 heterocycles. The van der Waals surface area contributed by atoms with Crippen LogP contribution in [0.15, 0.2) is 49.6 Å². The molecule has 1 aliphatic rings. The summed E-state index contributed by atoms with van der Waals surface area (Å²) in [7, 11) is 0. The molecule has 0 aromatic heterocycles. The lowest BCUT2D eigenvalue weighted by atomic mass is 9.86. The van der Waals surface area contributed by atoms with Gasteiger partial charge in [0.1, 0.15) is 6.61 Å². The molecular formula is C30H44N2O5. The van der Waals surface area contributed by atoms with Crippen LogP contribution in [0, 0.1) is 11.3 Å². The summed E-state index contributed by atoms with van der Waals surface area (Å²) in [6.07, 6.45) is 7.21. The number of hydrogen-bond donors (Lipinski definition) is 2. The van der Waals surface area contributed by atoms with E-state index in [2.05, 4.69) is 18.5 Å². The molecule has 7 heteroatoms. The fraction of sp³-hybridized carbons (Fsp3) is 0.567. The smallest absolute Gasteiger partial charge is 0.305 e. The molecule has 0 unspecified atom stereocenters. The van der Waals surface area contributed by atoms with Crippen molar-refractivity contribution in [2.24, 2.45) is 11.3 Å². The first-order valence-electron chi connectivity index (χ1n) is 13.3. The molecule has 2 amide bonds. The summed E-state index contributed by atoms with van der Waals surface area (Å²) in [5, 5.41) is 13.0. The van der Waals surface area contributed by atoms with E-state index in [4.69, 9.17) is 4.74 Å². The van der Waals surface area contributed by atoms with Crippen molar-refractivity contribution in [1.29, 1.82) is 0 Å². The third kappa shape index (κ3) is 9.47. The number of allylic oxidation sites excluding steroid dienone is 2. The normalized spacial score (nSPS) is 16.8. The lowest BCUT2D eigenvalue weighted by molar-refractivity contribution is -0.146. The molecule has 0 spiro atoms. The van der Waals surface area contributed by atoms with Gasteiger partial charge in [-0.15, -0.1) is 13.2 Å². The van der Waals surface area contributed by atoms with Crippen LogP contribution < -0.4 is 5.32 Å². The molecule has 1 aromatic rings. The van der Waals surface area contributed by atoms with Gasteiger partial charge in [0.05, 0.1) is 24.6 Å². The van der Waals surface area contributed by atoms with Gasteiger partial charge in [0.15, 0.2) is 0 Å². The summed E-state index contributed by atoms with van der Waals surface area (Å²) in [5.41, 5.74) is 1.83. The molecule has 204 valence electrons. The zero-order chi connectivity index (χ0) is 27.4. The number of esters is 1. The molecule has 0 saturated carbocycles. The van der Waals surface area contributed by atoms with E-state index in [0.717, 1.165) is 30.4 Å². The van der Waals surface area contributed by atoms with Gasteiger partial charge in [-0.2, -0.15) is 0 Å². The van der Waals surface area contributed by atoms with E-state index in [9.17, 15) is 19.5 Å². The van der Waals surface area contributed by atoms with Gasteiger partial charge in [-0.25, -0.2) is 0 Å². The van der Waals surface area contributed by atoms with Crippen molar-refractivity contribution < 1.29 is 24.2 Å². The second-order valence-electron chi connectivity index (χ2n) is 10.9. The first-order valence-corrected chi connectivity index (χ1v) is 13.3. The number of aliphatic hydroxyl groups excluding tert-OH is 1. The molecule has 0 aliphatic carbocycles. The van der Waals surface area contributed by atoms with E-state index in [1.54, 1.807) is 11.0 Å². The summed E-state index contributed by atoms with van der Waals surface area (Å²) in [5.74, 6) is -1.34. The molecule has 0 saturated heterocycles. The number of nitrogens with one attached hydrogen (secondary N) is 1. The number of amides is 2. The predicted octanol–water partition coefficient (Wildman–Crippen LogP) is 4.34. The van der Waals surface area contributed by atoms with Crippen LogP contribution in [0.2, 0.25) is 0 Å². The highest BCUT2D eigenvalue weighted by Crippen LogP contribution is 2.26. The van der Waals surface area contributed by atoms with E-state index in [1.807, 2.05) is 51.1 Å². The largest absolute Gasteiger partial charge is 0.463 e. The minimum absolute atomic E-state index is 0.0104. The monoisotopic (exact) mass is 512 g/mol. The second-order valence-corrected chi connectivity index (χ2v) is 10.9. The van der Waals surface area contributed by atoms with Crippen LogP contribution in [0.1, 0.15) is 70.4 Å². The molecule has 0 bridgehead atoms. The number of carbonyl (C=O) groups is 3. The first kappa shape index (κ1) is 30.3. The zero-order valence-electron chi connectivity index (χ0n) is 22.7. The maximum Gasteiger partial charge on any atom is 0.305 e. The van der Waals surface area contributed by atoms with Crippen molar-refractivity contribution in [2.45, 2.75) is 84.3 Å². The minimum atomic E-state index is -0.610. The highest BCUT2D eigenvalue weighted by Gasteiger charge is 2.34. The number of carbonyl (C=O) groups excluding carboxylic acids is 3. The van der Waals surface area contributed by atoms with Crippen molar-refractivity contribution in [2.75, 3.05) is 13.2 Å². The second kappa shape index (κ2) is 14.7. The minimum Gasteiger partial charge on any atom is -0.463 e. The van der Waals surface area contributed by atoms with Crippen LogP contribution >= 0.6 is 0 Å². The summed E-state index contributed by atoms with van der Waals surface area (Å²) < 4.78 is 5.49. The number of rotatable bonds is 14. The Hall–Kier alpha value is -2.93. The number of nitrogens with zero attached hydrogens (tertiary/aromatic N) is 1. The van der Waals surface area contributed by atoms with E-state index in [-0.39, 0.29) is 48.9 Å². The van der Waals surface area contributed by atoms with E-state index >= 15 is 0 Å². The molecule has 0 radical (unpaired) electrons. The lowest BCUT2D eigenvalue weighted by Gasteiger charge is -2.37. The van der Waals surface area contributed by atoms with Gasteiger partial charge in [-0.1, -0.05) is 57.2 Å². The van der Waals surface area contributed by atoms with Crippen molar-refractivity contribution in [3.8, 4) is 0 Å². The Balaban J connectivity index is 2.03. The van der Waals surface area contributed by atoms with Crippen LogP contribution in [-0.2, 0) is 32.1 Å². The average Bonchev–Trinajstić information content (AvgIpc) is 2.87. The topological polar surface area (TPSA) is 95.9 Å². The van der Waals surface area contributed by atoms with Crippen LogP contribution in [0.5, 0.6) is 0 Å². The summed E-state index contributed by atoms with van der Waals surface area (Å²) in [6, 6.07) is 7.19. The molecule has 7 nitrogen and oxygen atoms in total. The molecule has 1 aliphatic heterocycles. The average molecular weight is 513 g/mol. The van der Waals surface area contributed by atoms with Crippen LogP contribution in [0.3, 0.4) is 0 Å². The standard InChI is InChI=1S/C30H44N2O5/c1-6-8-9-10-16-28(35)37-21-26(30(3,4)5)31-29(36)23(13-7-2)18-27(34)32-19-24-15-12-11-14-22(24)17-25(32)20-33/h6-7,11-12,14-15,23,25-26,33H,1-2,8-10,13,16-21H2,3-5H3,(H,31,36)/t23-,25+,26-/m1/s1. The Labute approximate surface area is 222 Å². The molecule has 2 N–H and O–H groups in total. The van der Waals surface area contributed by atoms with Crippen molar-refractivity contribution in [3.05, 3.63) is 60.7 Å². The number of fused-ring (bicyclic) bond motifs is 1. The maximum atomic E-state index is 13.3. The SMILES string of the molecule is C=CCCCCC(=O)OC[C@@H](NC(=O)[C@H](CC=C)CC(=O)N1Cc2ccccc2C[C@H]1CO)C(C)(C)C. The van der Waals surface area contributed by atoms with Crippen LogP contribution in [0.4, 0.5) is 0 Å². The van der Waals surface area contributed by atoms with Crippen molar-refractivity contribution in [1.82, 2.24) is 10.2 Å². The van der Waals surface area contributed by atoms with E-state index in [0.29, 0.717) is 25.8 Å². The highest BCUT2D eigenvalue weighted by molar-refractivity contribution is 5.86. The number of benzene rings is 1. The Morgan fingerprint density at radius 2 is 1.86 bits per heavy atom. The highest BCUT2D eigenvalue weighted by atomic mass is 16.5. The number of hydrogen-bond acceptors (Lipinski definition) is 5. The molecular weight excluding hydrogens is 468 g/mol. The van der Waals surface area contributed by atoms with Gasteiger partial charge < -0.3 is 20.1 Å². The Morgan fingerprint density at radius 1 is 1.16 bits per heavy atom. The quantitative estimate of drug-likeness (QED) is 0.220. The number of unbranched alkanes of at least 4 members (excludes halogenated alkanes) is 2. The first-order chi connectivity index (χ1) is 17.6. The predicted molar refractivity (Wildman–Crippen MR) is 146 cm³/mol. The lowest BCUT2D eigenvalue weighted by Crippen LogP contribution is -2.50. The third-order valence-corrected chi connectivity index (χ3v) is 6.94. The Kier molecular flexibility index (Phi) is 12.1. The van der Waals surface area contributed by atoms with Gasteiger partial charge in [0.2, 0.25) is 11.8 Å². The summed E-state index contributed by atoms with van der Waals surface area (Å²) >= 11 is 0. The zero-order valence-corrected chi connectivity index (χ0v) is 22.7. The Bertz CT molecular complexity index is 936. The third-order valence-electron chi connectivity index (χ3n) is 6.94. The van der Waals surface area contributed by atoms with Crippen molar-refractivity contribution >= 4 is 17.8 Å². The van der Waals surface area contributed by atoms with E-state index < -0.39 is 12.0 Å². The summed E-state index contributed by atoms with van der Waals surface area (Å²) in [4.78, 5) is 40.5. The van der Waals surface area contributed by atoms with Gasteiger partial charge in [-0.05, 0) is 48.6 Å². The molecule has 1 aromatic carbocycles. The molecule has 3 atom stereocenters. The fourth-order valence-corrected chi connectivity index (χ4v) is 4.46. The molecule has 37 heavy (non-hydrogen) atoms. The maximum absolute atomic E-state index is 13.3.